The number of ketones is 1. The number of carbonyl (C=O) groups excluding carboxylic acids is 1. The molecule has 0 radical (unpaired) electrons. The van der Waals surface area contributed by atoms with Gasteiger partial charge in [0.15, 0.2) is 0 Å². The Morgan fingerprint density at radius 1 is 1.00 bits per heavy atom. The van der Waals surface area contributed by atoms with E-state index in [9.17, 15) is 4.79 Å². The van der Waals surface area contributed by atoms with E-state index in [2.05, 4.69) is 55.5 Å². The van der Waals surface area contributed by atoms with Gasteiger partial charge in [0.05, 0.1) is 0 Å². The molecule has 0 atom stereocenters. The molecular formula is C17H18O. The van der Waals surface area contributed by atoms with Gasteiger partial charge in [-0.1, -0.05) is 54.1 Å². The predicted molar refractivity (Wildman–Crippen MR) is 75.6 cm³/mol. The second-order valence-corrected chi connectivity index (χ2v) is 4.77. The summed E-state index contributed by atoms with van der Waals surface area (Å²) >= 11 is 0. The van der Waals surface area contributed by atoms with Crippen LogP contribution in [0.15, 0.2) is 48.5 Å². The fraction of sp³-hybridized carbons (Fsp3) is 0.235. The third-order valence-corrected chi connectivity index (χ3v) is 3.08. The van der Waals surface area contributed by atoms with Crippen molar-refractivity contribution in [3.05, 3.63) is 59.7 Å². The third kappa shape index (κ3) is 3.30. The van der Waals surface area contributed by atoms with E-state index in [4.69, 9.17) is 0 Å². The summed E-state index contributed by atoms with van der Waals surface area (Å²) in [7, 11) is 0. The van der Waals surface area contributed by atoms with Crippen molar-refractivity contribution in [1.29, 1.82) is 0 Å². The van der Waals surface area contributed by atoms with Crippen LogP contribution < -0.4 is 0 Å². The Bertz CT molecular complexity index is 538. The van der Waals surface area contributed by atoms with Crippen LogP contribution in [-0.2, 0) is 11.2 Å². The molecule has 2 rings (SSSR count). The molecule has 0 saturated heterocycles. The van der Waals surface area contributed by atoms with Gasteiger partial charge in [-0.05, 0) is 37.0 Å². The van der Waals surface area contributed by atoms with Crippen molar-refractivity contribution >= 4 is 5.78 Å². The molecule has 0 aliphatic heterocycles. The van der Waals surface area contributed by atoms with Gasteiger partial charge in [-0.15, -0.1) is 0 Å². The number of hydrogen-bond donors (Lipinski definition) is 0. The summed E-state index contributed by atoms with van der Waals surface area (Å²) < 4.78 is 0. The number of carbonyl (C=O) groups is 1. The Morgan fingerprint density at radius 3 is 2.39 bits per heavy atom. The maximum Gasteiger partial charge on any atom is 0.130 e. The zero-order valence-corrected chi connectivity index (χ0v) is 10.9. The van der Waals surface area contributed by atoms with E-state index in [-0.39, 0.29) is 5.78 Å². The molecule has 2 aromatic rings. The number of benzene rings is 2. The lowest BCUT2D eigenvalue weighted by Crippen LogP contribution is -1.94. The molecule has 0 spiro atoms. The van der Waals surface area contributed by atoms with Gasteiger partial charge in [0.2, 0.25) is 0 Å². The minimum atomic E-state index is 0.246. The molecule has 0 fully saturated rings. The lowest BCUT2D eigenvalue weighted by atomic mass is 10.00. The number of Topliss-reactive ketones (excluding diaryl/α,β-unsaturated/α-hetero) is 1. The molecule has 0 bridgehead atoms. The van der Waals surface area contributed by atoms with Crippen molar-refractivity contribution in [1.82, 2.24) is 0 Å². The standard InChI is InChI=1S/C17H18O/c1-13-6-10-16(11-7-13)17-5-3-4-15(12-17)9-8-14(2)18/h3-7,10-12H,8-9H2,1-2H3. The Labute approximate surface area is 108 Å². The lowest BCUT2D eigenvalue weighted by Gasteiger charge is -2.05. The zero-order chi connectivity index (χ0) is 13.0. The average Bonchev–Trinajstić information content (AvgIpc) is 2.37. The number of rotatable bonds is 4. The molecule has 2 aromatic carbocycles. The Hall–Kier alpha value is -1.89. The first-order valence-corrected chi connectivity index (χ1v) is 6.30. The van der Waals surface area contributed by atoms with Crippen molar-refractivity contribution in [2.24, 2.45) is 0 Å². The summed E-state index contributed by atoms with van der Waals surface area (Å²) in [5.74, 6) is 0.246. The quantitative estimate of drug-likeness (QED) is 0.780. The van der Waals surface area contributed by atoms with Crippen molar-refractivity contribution in [2.45, 2.75) is 26.7 Å². The highest BCUT2D eigenvalue weighted by atomic mass is 16.1. The van der Waals surface area contributed by atoms with Gasteiger partial charge in [0, 0.05) is 6.42 Å². The van der Waals surface area contributed by atoms with Crippen LogP contribution in [0.4, 0.5) is 0 Å². The first-order valence-electron chi connectivity index (χ1n) is 6.30. The maximum absolute atomic E-state index is 11.0. The zero-order valence-electron chi connectivity index (χ0n) is 10.9. The first kappa shape index (κ1) is 12.6. The van der Waals surface area contributed by atoms with Gasteiger partial charge < -0.3 is 4.79 Å². The van der Waals surface area contributed by atoms with Gasteiger partial charge in [-0.3, -0.25) is 0 Å². The van der Waals surface area contributed by atoms with Gasteiger partial charge in [-0.2, -0.15) is 0 Å². The van der Waals surface area contributed by atoms with E-state index in [1.165, 1.54) is 22.3 Å². The third-order valence-electron chi connectivity index (χ3n) is 3.08. The largest absolute Gasteiger partial charge is 0.300 e. The summed E-state index contributed by atoms with van der Waals surface area (Å²) in [5.41, 5.74) is 4.94. The van der Waals surface area contributed by atoms with E-state index in [0.717, 1.165) is 6.42 Å². The van der Waals surface area contributed by atoms with Gasteiger partial charge in [0.25, 0.3) is 0 Å². The van der Waals surface area contributed by atoms with Gasteiger partial charge >= 0.3 is 0 Å². The second-order valence-electron chi connectivity index (χ2n) is 4.77. The molecular weight excluding hydrogens is 220 g/mol. The van der Waals surface area contributed by atoms with Gasteiger partial charge in [-0.25, -0.2) is 0 Å². The molecule has 18 heavy (non-hydrogen) atoms. The van der Waals surface area contributed by atoms with Crippen molar-refractivity contribution in [3.63, 3.8) is 0 Å². The molecule has 0 N–H and O–H groups in total. The smallest absolute Gasteiger partial charge is 0.130 e. The molecule has 1 heteroatoms. The van der Waals surface area contributed by atoms with Gasteiger partial charge in [0.1, 0.15) is 5.78 Å². The van der Waals surface area contributed by atoms with Crippen LogP contribution in [0.1, 0.15) is 24.5 Å². The molecule has 0 saturated carbocycles. The molecule has 0 heterocycles. The minimum absolute atomic E-state index is 0.246. The van der Waals surface area contributed by atoms with E-state index in [1.54, 1.807) is 6.92 Å². The van der Waals surface area contributed by atoms with Crippen LogP contribution in [0.25, 0.3) is 11.1 Å². The highest BCUT2D eigenvalue weighted by molar-refractivity contribution is 5.75. The van der Waals surface area contributed by atoms with E-state index in [0.29, 0.717) is 6.42 Å². The Morgan fingerprint density at radius 2 is 1.72 bits per heavy atom. The minimum Gasteiger partial charge on any atom is -0.300 e. The highest BCUT2D eigenvalue weighted by Crippen LogP contribution is 2.21. The first-order chi connectivity index (χ1) is 8.65. The molecule has 0 aromatic heterocycles. The SMILES string of the molecule is CC(=O)CCc1cccc(-c2ccc(C)cc2)c1. The number of aryl methyl sites for hydroxylation is 2. The normalized spacial score (nSPS) is 10.3. The second kappa shape index (κ2) is 5.63. The molecule has 1 nitrogen and oxygen atoms in total. The van der Waals surface area contributed by atoms with Crippen molar-refractivity contribution < 1.29 is 4.79 Å². The molecule has 0 aliphatic carbocycles. The van der Waals surface area contributed by atoms with Crippen LogP contribution in [0.3, 0.4) is 0 Å². The summed E-state index contributed by atoms with van der Waals surface area (Å²) in [6.07, 6.45) is 1.45. The maximum atomic E-state index is 11.0. The molecule has 0 amide bonds. The predicted octanol–water partition coefficient (Wildman–Crippen LogP) is 4.18. The van der Waals surface area contributed by atoms with Crippen molar-refractivity contribution in [3.8, 4) is 11.1 Å². The summed E-state index contributed by atoms with van der Waals surface area (Å²) in [6, 6.07) is 17.0. The van der Waals surface area contributed by atoms with Crippen LogP contribution in [0.5, 0.6) is 0 Å². The molecule has 0 aliphatic rings. The Balaban J connectivity index is 2.21. The fourth-order valence-corrected chi connectivity index (χ4v) is 1.97. The summed E-state index contributed by atoms with van der Waals surface area (Å²) in [5, 5.41) is 0. The molecule has 0 unspecified atom stereocenters. The van der Waals surface area contributed by atoms with E-state index in [1.807, 2.05) is 0 Å². The lowest BCUT2D eigenvalue weighted by molar-refractivity contribution is -0.116. The van der Waals surface area contributed by atoms with Crippen LogP contribution in [0.2, 0.25) is 0 Å². The van der Waals surface area contributed by atoms with Crippen molar-refractivity contribution in [2.75, 3.05) is 0 Å². The van der Waals surface area contributed by atoms with Crippen LogP contribution in [0, 0.1) is 6.92 Å². The monoisotopic (exact) mass is 238 g/mol. The fourth-order valence-electron chi connectivity index (χ4n) is 1.97. The van der Waals surface area contributed by atoms with E-state index < -0.39 is 0 Å². The summed E-state index contributed by atoms with van der Waals surface area (Å²) in [6.45, 7) is 3.73. The van der Waals surface area contributed by atoms with Crippen LogP contribution in [-0.4, -0.2) is 5.78 Å². The van der Waals surface area contributed by atoms with E-state index >= 15 is 0 Å². The number of hydrogen-bond acceptors (Lipinski definition) is 1. The van der Waals surface area contributed by atoms with Crippen LogP contribution >= 0.6 is 0 Å². The highest BCUT2D eigenvalue weighted by Gasteiger charge is 2.00. The summed E-state index contributed by atoms with van der Waals surface area (Å²) in [4.78, 5) is 11.0. The topological polar surface area (TPSA) is 17.1 Å². The average molecular weight is 238 g/mol. The Kier molecular flexibility index (Phi) is 3.93. The molecule has 92 valence electrons.